The van der Waals surface area contributed by atoms with Crippen LogP contribution in [-0.2, 0) is 6.54 Å². The molecule has 1 aromatic heterocycles. The number of H-pyrrole nitrogens is 1. The summed E-state index contributed by atoms with van der Waals surface area (Å²) in [6.45, 7) is 2.93. The number of hydrogen-bond acceptors (Lipinski definition) is 3. The van der Waals surface area contributed by atoms with Crippen molar-refractivity contribution in [2.45, 2.75) is 13.5 Å². The van der Waals surface area contributed by atoms with Gasteiger partial charge in [0.1, 0.15) is 0 Å². The lowest BCUT2D eigenvalue weighted by molar-refractivity contribution is 0.292. The molecule has 1 rings (SSSR count). The fourth-order valence-electron chi connectivity index (χ4n) is 1.04. The van der Waals surface area contributed by atoms with Gasteiger partial charge in [-0.25, -0.2) is 0 Å². The van der Waals surface area contributed by atoms with Crippen LogP contribution in [0.1, 0.15) is 11.3 Å². The quantitative estimate of drug-likeness (QED) is 0.563. The van der Waals surface area contributed by atoms with Crippen LogP contribution in [0.15, 0.2) is 17.1 Å². The number of hydrogen-bond donors (Lipinski definition) is 3. The van der Waals surface area contributed by atoms with Crippen molar-refractivity contribution in [2.24, 2.45) is 0 Å². The Labute approximate surface area is 76.6 Å². The standard InChI is InChI=1S/C9H14N2O2/c1-7-4-9(13)8(6-11-7)5-10-2-3-12/h4,6,10,12H,2-3,5H2,1H3,(H,11,13). The van der Waals surface area contributed by atoms with Crippen molar-refractivity contribution in [1.82, 2.24) is 10.3 Å². The van der Waals surface area contributed by atoms with E-state index >= 15 is 0 Å². The molecule has 1 heterocycles. The Balaban J connectivity index is 2.62. The number of aromatic amines is 1. The summed E-state index contributed by atoms with van der Waals surface area (Å²) in [4.78, 5) is 14.3. The van der Waals surface area contributed by atoms with Crippen LogP contribution in [0.5, 0.6) is 0 Å². The number of aliphatic hydroxyl groups excluding tert-OH is 1. The molecule has 0 amide bonds. The molecule has 0 aliphatic rings. The van der Waals surface area contributed by atoms with E-state index in [9.17, 15) is 4.79 Å². The zero-order valence-electron chi connectivity index (χ0n) is 7.63. The van der Waals surface area contributed by atoms with Crippen LogP contribution >= 0.6 is 0 Å². The first-order valence-corrected chi connectivity index (χ1v) is 4.24. The number of aromatic nitrogens is 1. The zero-order chi connectivity index (χ0) is 9.68. The molecule has 13 heavy (non-hydrogen) atoms. The number of aliphatic hydroxyl groups is 1. The Morgan fingerprint density at radius 2 is 2.38 bits per heavy atom. The predicted molar refractivity (Wildman–Crippen MR) is 50.6 cm³/mol. The van der Waals surface area contributed by atoms with Gasteiger partial charge in [0.2, 0.25) is 0 Å². The maximum atomic E-state index is 11.3. The third kappa shape index (κ3) is 3.01. The topological polar surface area (TPSA) is 65.1 Å². The summed E-state index contributed by atoms with van der Waals surface area (Å²) < 4.78 is 0. The first-order chi connectivity index (χ1) is 6.24. The van der Waals surface area contributed by atoms with Crippen LogP contribution < -0.4 is 10.7 Å². The molecule has 4 nitrogen and oxygen atoms in total. The predicted octanol–water partition coefficient (Wildman–Crippen LogP) is -0.235. The molecule has 1 aromatic rings. The van der Waals surface area contributed by atoms with Crippen molar-refractivity contribution in [3.8, 4) is 0 Å². The first kappa shape index (κ1) is 9.95. The molecule has 0 aliphatic carbocycles. The van der Waals surface area contributed by atoms with Crippen LogP contribution in [0.25, 0.3) is 0 Å². The molecule has 4 heteroatoms. The lowest BCUT2D eigenvalue weighted by atomic mass is 10.2. The van der Waals surface area contributed by atoms with E-state index < -0.39 is 0 Å². The highest BCUT2D eigenvalue weighted by Crippen LogP contribution is 1.90. The summed E-state index contributed by atoms with van der Waals surface area (Å²) >= 11 is 0. The van der Waals surface area contributed by atoms with E-state index in [2.05, 4.69) is 10.3 Å². The highest BCUT2D eigenvalue weighted by atomic mass is 16.3. The smallest absolute Gasteiger partial charge is 0.186 e. The third-order valence-corrected chi connectivity index (χ3v) is 1.74. The Kier molecular flexibility index (Phi) is 3.67. The molecule has 0 saturated carbocycles. The molecule has 0 atom stereocenters. The fourth-order valence-corrected chi connectivity index (χ4v) is 1.04. The van der Waals surface area contributed by atoms with Gasteiger partial charge in [-0.2, -0.15) is 0 Å². The van der Waals surface area contributed by atoms with Crippen molar-refractivity contribution < 1.29 is 5.11 Å². The van der Waals surface area contributed by atoms with Gasteiger partial charge >= 0.3 is 0 Å². The van der Waals surface area contributed by atoms with Gasteiger partial charge in [0.05, 0.1) is 6.61 Å². The van der Waals surface area contributed by atoms with Crippen molar-refractivity contribution in [3.05, 3.63) is 33.7 Å². The Morgan fingerprint density at radius 3 is 3.00 bits per heavy atom. The third-order valence-electron chi connectivity index (χ3n) is 1.74. The molecule has 3 N–H and O–H groups in total. The molecule has 0 bridgehead atoms. The number of pyridine rings is 1. The molecular weight excluding hydrogens is 168 g/mol. The lowest BCUT2D eigenvalue weighted by Crippen LogP contribution is -2.22. The number of nitrogens with one attached hydrogen (secondary N) is 2. The van der Waals surface area contributed by atoms with Gasteiger partial charge in [0, 0.05) is 36.6 Å². The van der Waals surface area contributed by atoms with Gasteiger partial charge in [-0.3, -0.25) is 4.79 Å². The molecule has 0 unspecified atom stereocenters. The van der Waals surface area contributed by atoms with Crippen molar-refractivity contribution in [3.63, 3.8) is 0 Å². The molecule has 0 spiro atoms. The van der Waals surface area contributed by atoms with Gasteiger partial charge in [0.25, 0.3) is 0 Å². The number of rotatable bonds is 4. The SMILES string of the molecule is Cc1cc(=O)c(CNCCO)c[nH]1. The van der Waals surface area contributed by atoms with E-state index in [-0.39, 0.29) is 12.0 Å². The molecule has 0 radical (unpaired) electrons. The summed E-state index contributed by atoms with van der Waals surface area (Å²) in [5.41, 5.74) is 1.58. The first-order valence-electron chi connectivity index (χ1n) is 4.24. The summed E-state index contributed by atoms with van der Waals surface area (Å²) in [6, 6.07) is 1.57. The van der Waals surface area contributed by atoms with E-state index in [0.29, 0.717) is 18.7 Å². The largest absolute Gasteiger partial charge is 0.395 e. The average molecular weight is 182 g/mol. The minimum absolute atomic E-state index is 0.0293. The summed E-state index contributed by atoms with van der Waals surface area (Å²) in [5.74, 6) is 0. The van der Waals surface area contributed by atoms with Gasteiger partial charge < -0.3 is 15.4 Å². The van der Waals surface area contributed by atoms with E-state index in [4.69, 9.17) is 5.11 Å². The summed E-state index contributed by atoms with van der Waals surface area (Å²) in [5, 5.41) is 11.5. The molecule has 0 saturated heterocycles. The van der Waals surface area contributed by atoms with Gasteiger partial charge in [0.15, 0.2) is 5.43 Å². The Morgan fingerprint density at radius 1 is 1.62 bits per heavy atom. The minimum Gasteiger partial charge on any atom is -0.395 e. The Hall–Kier alpha value is -1.13. The summed E-state index contributed by atoms with van der Waals surface area (Å²) in [7, 11) is 0. The maximum Gasteiger partial charge on any atom is 0.186 e. The molecule has 0 aromatic carbocycles. The van der Waals surface area contributed by atoms with Gasteiger partial charge in [-0.15, -0.1) is 0 Å². The molecule has 0 aliphatic heterocycles. The van der Waals surface area contributed by atoms with E-state index in [1.54, 1.807) is 12.3 Å². The average Bonchev–Trinajstić information content (AvgIpc) is 2.09. The summed E-state index contributed by atoms with van der Waals surface area (Å²) in [6.07, 6.45) is 1.70. The monoisotopic (exact) mass is 182 g/mol. The van der Waals surface area contributed by atoms with E-state index in [0.717, 1.165) is 5.69 Å². The highest BCUT2D eigenvalue weighted by molar-refractivity contribution is 5.13. The molecule has 0 fully saturated rings. The second kappa shape index (κ2) is 4.79. The van der Waals surface area contributed by atoms with Gasteiger partial charge in [-0.1, -0.05) is 0 Å². The number of aryl methyl sites for hydroxylation is 1. The lowest BCUT2D eigenvalue weighted by Gasteiger charge is -2.02. The normalized spacial score (nSPS) is 10.3. The van der Waals surface area contributed by atoms with Gasteiger partial charge in [-0.05, 0) is 6.92 Å². The maximum absolute atomic E-state index is 11.3. The molecular formula is C9H14N2O2. The van der Waals surface area contributed by atoms with Crippen molar-refractivity contribution in [1.29, 1.82) is 0 Å². The van der Waals surface area contributed by atoms with E-state index in [1.165, 1.54) is 0 Å². The van der Waals surface area contributed by atoms with Crippen molar-refractivity contribution in [2.75, 3.05) is 13.2 Å². The second-order valence-electron chi connectivity index (χ2n) is 2.91. The highest BCUT2D eigenvalue weighted by Gasteiger charge is 1.97. The van der Waals surface area contributed by atoms with Crippen LogP contribution in [0.3, 0.4) is 0 Å². The van der Waals surface area contributed by atoms with Crippen LogP contribution in [0.4, 0.5) is 0 Å². The van der Waals surface area contributed by atoms with Crippen LogP contribution in [-0.4, -0.2) is 23.2 Å². The Bertz CT molecular complexity index is 320. The van der Waals surface area contributed by atoms with Crippen LogP contribution in [0.2, 0.25) is 0 Å². The second-order valence-corrected chi connectivity index (χ2v) is 2.91. The molecule has 72 valence electrons. The fraction of sp³-hybridized carbons (Fsp3) is 0.444. The van der Waals surface area contributed by atoms with E-state index in [1.807, 2.05) is 6.92 Å². The van der Waals surface area contributed by atoms with Crippen LogP contribution in [0, 0.1) is 6.92 Å². The minimum atomic E-state index is 0.0293. The van der Waals surface area contributed by atoms with Crippen molar-refractivity contribution >= 4 is 0 Å². The zero-order valence-corrected chi connectivity index (χ0v) is 7.63.